The van der Waals surface area contributed by atoms with Gasteiger partial charge in [-0.3, -0.25) is 9.89 Å². The normalized spacial score (nSPS) is 19.1. The molecule has 3 rings (SSSR count). The number of aliphatic imine (C=N–C) groups is 1. The van der Waals surface area contributed by atoms with Gasteiger partial charge in [-0.05, 0) is 51.2 Å². The molecule has 2 N–H and O–H groups in total. The zero-order valence-corrected chi connectivity index (χ0v) is 15.9. The van der Waals surface area contributed by atoms with E-state index in [1.54, 1.807) is 0 Å². The highest BCUT2D eigenvalue weighted by molar-refractivity contribution is 5.80. The molecule has 0 radical (unpaired) electrons. The first-order chi connectivity index (χ1) is 12.1. The molecule has 25 heavy (non-hydrogen) atoms. The lowest BCUT2D eigenvalue weighted by atomic mass is 9.94. The van der Waals surface area contributed by atoms with E-state index >= 15 is 0 Å². The van der Waals surface area contributed by atoms with Gasteiger partial charge >= 0.3 is 0 Å². The quantitative estimate of drug-likeness (QED) is 0.491. The predicted octanol–water partition coefficient (Wildman–Crippen LogP) is 3.10. The molecule has 1 aliphatic heterocycles. The largest absolute Gasteiger partial charge is 0.357 e. The Balaban J connectivity index is 1.63. The van der Waals surface area contributed by atoms with E-state index in [2.05, 4.69) is 72.7 Å². The van der Waals surface area contributed by atoms with E-state index in [1.165, 1.54) is 11.1 Å². The SMILES string of the molecule is CCNC(=NCC(C)(C)N1CCc2ccccc2C1)NC1CC=CC1. The van der Waals surface area contributed by atoms with Crippen molar-refractivity contribution < 1.29 is 0 Å². The van der Waals surface area contributed by atoms with Gasteiger partial charge in [0.05, 0.1) is 6.54 Å². The fourth-order valence-corrected chi connectivity index (χ4v) is 3.63. The third-order valence-corrected chi connectivity index (χ3v) is 5.30. The molecule has 1 aromatic rings. The maximum absolute atomic E-state index is 4.90. The fourth-order valence-electron chi connectivity index (χ4n) is 3.63. The Morgan fingerprint density at radius 2 is 1.92 bits per heavy atom. The second kappa shape index (κ2) is 8.05. The van der Waals surface area contributed by atoms with Crippen molar-refractivity contribution in [3.63, 3.8) is 0 Å². The van der Waals surface area contributed by atoms with Gasteiger partial charge in [-0.15, -0.1) is 0 Å². The molecule has 1 aliphatic carbocycles. The van der Waals surface area contributed by atoms with Crippen LogP contribution in [0, 0.1) is 0 Å². The van der Waals surface area contributed by atoms with E-state index < -0.39 is 0 Å². The summed E-state index contributed by atoms with van der Waals surface area (Å²) in [6.07, 6.45) is 7.81. The Bertz CT molecular complexity index is 625. The van der Waals surface area contributed by atoms with Gasteiger partial charge in [0, 0.05) is 31.2 Å². The maximum Gasteiger partial charge on any atom is 0.191 e. The molecule has 0 atom stereocenters. The van der Waals surface area contributed by atoms with Crippen molar-refractivity contribution in [3.05, 3.63) is 47.5 Å². The average Bonchev–Trinajstić information content (AvgIpc) is 3.12. The van der Waals surface area contributed by atoms with Crippen LogP contribution < -0.4 is 10.6 Å². The van der Waals surface area contributed by atoms with Crippen molar-refractivity contribution in [2.24, 2.45) is 4.99 Å². The smallest absolute Gasteiger partial charge is 0.191 e. The number of rotatable bonds is 5. The fraction of sp³-hybridized carbons (Fsp3) is 0.571. The summed E-state index contributed by atoms with van der Waals surface area (Å²) in [7, 11) is 0. The number of nitrogens with zero attached hydrogens (tertiary/aromatic N) is 2. The first-order valence-corrected chi connectivity index (χ1v) is 9.60. The standard InChI is InChI=1S/C21H32N4/c1-4-22-20(24-19-11-7-8-12-19)23-16-21(2,3)25-14-13-17-9-5-6-10-18(17)15-25/h5-10,19H,4,11-16H2,1-3H3,(H2,22,23,24). The van der Waals surface area contributed by atoms with Crippen molar-refractivity contribution >= 4 is 5.96 Å². The minimum Gasteiger partial charge on any atom is -0.357 e. The highest BCUT2D eigenvalue weighted by Gasteiger charge is 2.29. The van der Waals surface area contributed by atoms with E-state index in [4.69, 9.17) is 4.99 Å². The highest BCUT2D eigenvalue weighted by Crippen LogP contribution is 2.25. The van der Waals surface area contributed by atoms with E-state index in [1.807, 2.05) is 0 Å². The van der Waals surface area contributed by atoms with E-state index in [0.29, 0.717) is 6.04 Å². The van der Waals surface area contributed by atoms with E-state index in [-0.39, 0.29) is 5.54 Å². The molecule has 0 aromatic heterocycles. The van der Waals surface area contributed by atoms with Crippen LogP contribution in [0.1, 0.15) is 44.7 Å². The third-order valence-electron chi connectivity index (χ3n) is 5.30. The van der Waals surface area contributed by atoms with Crippen LogP contribution in [0.5, 0.6) is 0 Å². The van der Waals surface area contributed by atoms with Crippen molar-refractivity contribution in [2.45, 2.75) is 58.2 Å². The van der Waals surface area contributed by atoms with Gasteiger partial charge in [0.1, 0.15) is 0 Å². The number of fused-ring (bicyclic) bond motifs is 1. The molecule has 0 saturated carbocycles. The Hall–Kier alpha value is -1.81. The molecule has 0 unspecified atom stereocenters. The summed E-state index contributed by atoms with van der Waals surface area (Å²) in [6.45, 7) is 10.6. The summed E-state index contributed by atoms with van der Waals surface area (Å²) < 4.78 is 0. The lowest BCUT2D eigenvalue weighted by molar-refractivity contribution is 0.111. The summed E-state index contributed by atoms with van der Waals surface area (Å²) in [4.78, 5) is 7.47. The second-order valence-electron chi connectivity index (χ2n) is 7.73. The summed E-state index contributed by atoms with van der Waals surface area (Å²) >= 11 is 0. The molecular weight excluding hydrogens is 308 g/mol. The molecule has 0 saturated heterocycles. The van der Waals surface area contributed by atoms with Crippen molar-refractivity contribution in [1.82, 2.24) is 15.5 Å². The maximum atomic E-state index is 4.90. The molecule has 0 bridgehead atoms. The molecule has 2 aliphatic rings. The highest BCUT2D eigenvalue weighted by atomic mass is 15.2. The van der Waals surface area contributed by atoms with E-state index in [9.17, 15) is 0 Å². The monoisotopic (exact) mass is 340 g/mol. The number of hydrogen-bond donors (Lipinski definition) is 2. The molecule has 1 heterocycles. The number of hydrogen-bond acceptors (Lipinski definition) is 2. The van der Waals surface area contributed by atoms with E-state index in [0.717, 1.165) is 51.4 Å². The van der Waals surface area contributed by atoms with Gasteiger partial charge in [0.25, 0.3) is 0 Å². The summed E-state index contributed by atoms with van der Waals surface area (Å²) in [5, 5.41) is 6.96. The zero-order valence-electron chi connectivity index (χ0n) is 15.9. The van der Waals surface area contributed by atoms with Crippen LogP contribution in [-0.4, -0.2) is 42.1 Å². The molecule has 4 heteroatoms. The number of benzene rings is 1. The van der Waals surface area contributed by atoms with Gasteiger partial charge in [-0.25, -0.2) is 0 Å². The van der Waals surface area contributed by atoms with Crippen molar-refractivity contribution in [3.8, 4) is 0 Å². The molecule has 1 aromatic carbocycles. The molecule has 0 spiro atoms. The van der Waals surface area contributed by atoms with Crippen LogP contribution in [0.3, 0.4) is 0 Å². The topological polar surface area (TPSA) is 39.7 Å². The van der Waals surface area contributed by atoms with Crippen LogP contribution in [0.15, 0.2) is 41.4 Å². The molecule has 0 fully saturated rings. The predicted molar refractivity (Wildman–Crippen MR) is 106 cm³/mol. The summed E-state index contributed by atoms with van der Waals surface area (Å²) in [6, 6.07) is 9.31. The van der Waals surface area contributed by atoms with Crippen LogP contribution >= 0.6 is 0 Å². The Morgan fingerprint density at radius 1 is 1.20 bits per heavy atom. The van der Waals surface area contributed by atoms with Crippen molar-refractivity contribution in [1.29, 1.82) is 0 Å². The average molecular weight is 341 g/mol. The second-order valence-corrected chi connectivity index (χ2v) is 7.73. The Labute approximate surface area is 152 Å². The van der Waals surface area contributed by atoms with Crippen LogP contribution in [0.4, 0.5) is 0 Å². The van der Waals surface area contributed by atoms with Gasteiger partial charge in [0.2, 0.25) is 0 Å². The first kappa shape index (κ1) is 18.0. The van der Waals surface area contributed by atoms with Crippen LogP contribution in [-0.2, 0) is 13.0 Å². The Kier molecular flexibility index (Phi) is 5.79. The number of guanidine groups is 1. The lowest BCUT2D eigenvalue weighted by Gasteiger charge is -2.41. The minimum absolute atomic E-state index is 0.0454. The zero-order chi connectivity index (χ0) is 17.7. The van der Waals surface area contributed by atoms with Crippen LogP contribution in [0.25, 0.3) is 0 Å². The molecular formula is C21H32N4. The molecule has 136 valence electrons. The molecule has 4 nitrogen and oxygen atoms in total. The third kappa shape index (κ3) is 4.63. The minimum atomic E-state index is 0.0454. The summed E-state index contributed by atoms with van der Waals surface area (Å²) in [5.74, 6) is 0.946. The van der Waals surface area contributed by atoms with Gasteiger partial charge in [-0.1, -0.05) is 36.4 Å². The summed E-state index contributed by atoms with van der Waals surface area (Å²) in [5.41, 5.74) is 3.01. The number of nitrogens with one attached hydrogen (secondary N) is 2. The van der Waals surface area contributed by atoms with Gasteiger partial charge < -0.3 is 10.6 Å². The van der Waals surface area contributed by atoms with Crippen molar-refractivity contribution in [2.75, 3.05) is 19.6 Å². The van der Waals surface area contributed by atoms with Gasteiger partial charge in [0.15, 0.2) is 5.96 Å². The Morgan fingerprint density at radius 3 is 2.64 bits per heavy atom. The lowest BCUT2D eigenvalue weighted by Crippen LogP contribution is -2.50. The first-order valence-electron chi connectivity index (χ1n) is 9.60. The van der Waals surface area contributed by atoms with Crippen LogP contribution in [0.2, 0.25) is 0 Å². The van der Waals surface area contributed by atoms with Gasteiger partial charge in [-0.2, -0.15) is 0 Å². The molecule has 0 amide bonds.